The van der Waals surface area contributed by atoms with Gasteiger partial charge in [0, 0.05) is 43.6 Å². The van der Waals surface area contributed by atoms with Crippen molar-refractivity contribution in [1.82, 2.24) is 14.3 Å². The number of nitriles is 1. The maximum atomic E-state index is 12.9. The largest absolute Gasteiger partial charge is 0.771 e. The predicted octanol–water partition coefficient (Wildman–Crippen LogP) is 1.92. The van der Waals surface area contributed by atoms with Crippen LogP contribution in [0.5, 0.6) is 0 Å². The molecule has 0 radical (unpaired) electrons. The van der Waals surface area contributed by atoms with Crippen LogP contribution in [0.25, 0.3) is 0 Å². The van der Waals surface area contributed by atoms with Crippen LogP contribution in [-0.4, -0.2) is 55.7 Å². The maximum Gasteiger partial charge on any atom is 0.211 e. The molecule has 4 rings (SSSR count). The Morgan fingerprint density at radius 3 is 2.68 bits per heavy atom. The van der Waals surface area contributed by atoms with Gasteiger partial charge in [0.05, 0.1) is 23.3 Å². The summed E-state index contributed by atoms with van der Waals surface area (Å²) in [6, 6.07) is 16.0. The van der Waals surface area contributed by atoms with Gasteiger partial charge in [-0.15, -0.1) is 0 Å². The van der Waals surface area contributed by atoms with Crippen LogP contribution >= 0.6 is 0 Å². The van der Waals surface area contributed by atoms with E-state index in [1.165, 1.54) is 4.31 Å². The summed E-state index contributed by atoms with van der Waals surface area (Å²) >= 11 is -2.52. The fraction of sp³-hybridized carbons (Fsp3) is 0.304. The number of anilines is 1. The lowest BCUT2D eigenvalue weighted by Gasteiger charge is -2.37. The molecule has 9 nitrogen and oxygen atoms in total. The molecule has 0 aliphatic carbocycles. The molecule has 0 saturated carbocycles. The normalized spacial score (nSPS) is 18.5. The van der Waals surface area contributed by atoms with Crippen molar-refractivity contribution in [2.24, 2.45) is 0 Å². The van der Waals surface area contributed by atoms with E-state index in [2.05, 4.69) is 16.0 Å². The van der Waals surface area contributed by atoms with Gasteiger partial charge in [-0.25, -0.2) is 13.4 Å². The van der Waals surface area contributed by atoms with Gasteiger partial charge in [0.2, 0.25) is 10.0 Å². The lowest BCUT2D eigenvalue weighted by atomic mass is 10.1. The van der Waals surface area contributed by atoms with Gasteiger partial charge in [-0.3, -0.25) is 4.21 Å². The standard InChI is InChI=1S/C23H25N5O4S2/c1-34(31,32)28-15-19-11-18(14-24)7-8-21(19)27(16-20(28)12-17-5-3-2-4-6-17)23(33(29)30)13-22-25-9-10-26-22/h2-11,20,23H,12-13,15-16H2,1H3,(H,25,26)(H,29,30)/p-1/t20-,23?/m1/s1. The first-order valence-corrected chi connectivity index (χ1v) is 13.6. The Morgan fingerprint density at radius 2 is 2.06 bits per heavy atom. The summed E-state index contributed by atoms with van der Waals surface area (Å²) in [5.74, 6) is 0.508. The number of sulfonamides is 1. The van der Waals surface area contributed by atoms with E-state index < -0.39 is 32.5 Å². The molecular weight excluding hydrogens is 474 g/mol. The van der Waals surface area contributed by atoms with Gasteiger partial charge in [-0.1, -0.05) is 30.3 Å². The van der Waals surface area contributed by atoms with Crippen LogP contribution < -0.4 is 4.90 Å². The number of H-pyrrole nitrogens is 1. The molecule has 0 fully saturated rings. The summed E-state index contributed by atoms with van der Waals surface area (Å²) in [6.07, 6.45) is 4.83. The lowest BCUT2D eigenvalue weighted by Crippen LogP contribution is -2.49. The zero-order valence-electron chi connectivity index (χ0n) is 18.5. The van der Waals surface area contributed by atoms with E-state index in [9.17, 15) is 22.4 Å². The van der Waals surface area contributed by atoms with Crippen LogP contribution in [0.2, 0.25) is 0 Å². The number of hydrogen-bond donors (Lipinski definition) is 1. The van der Waals surface area contributed by atoms with E-state index in [0.29, 0.717) is 29.1 Å². The Balaban J connectivity index is 1.83. The minimum absolute atomic E-state index is 0.0383. The molecule has 0 amide bonds. The summed E-state index contributed by atoms with van der Waals surface area (Å²) in [5, 5.41) is 8.42. The van der Waals surface area contributed by atoms with Gasteiger partial charge < -0.3 is 14.4 Å². The molecule has 1 aliphatic heterocycles. The van der Waals surface area contributed by atoms with Gasteiger partial charge in [0.1, 0.15) is 5.82 Å². The molecule has 3 aromatic rings. The molecule has 0 saturated heterocycles. The summed E-state index contributed by atoms with van der Waals surface area (Å²) in [4.78, 5) is 8.84. The highest BCUT2D eigenvalue weighted by molar-refractivity contribution is 7.88. The van der Waals surface area contributed by atoms with Crippen molar-refractivity contribution < 1.29 is 17.2 Å². The van der Waals surface area contributed by atoms with Crippen LogP contribution in [0.3, 0.4) is 0 Å². The van der Waals surface area contributed by atoms with Crippen molar-refractivity contribution in [3.63, 3.8) is 0 Å². The number of benzene rings is 2. The van der Waals surface area contributed by atoms with Gasteiger partial charge in [0.15, 0.2) is 0 Å². The van der Waals surface area contributed by atoms with Crippen molar-refractivity contribution in [2.75, 3.05) is 17.7 Å². The average molecular weight is 499 g/mol. The Labute approximate surface area is 201 Å². The van der Waals surface area contributed by atoms with Gasteiger partial charge in [-0.05, 0) is 46.8 Å². The molecule has 34 heavy (non-hydrogen) atoms. The molecule has 1 aliphatic rings. The molecule has 0 bridgehead atoms. The lowest BCUT2D eigenvalue weighted by molar-refractivity contribution is 0.319. The number of hydrogen-bond acceptors (Lipinski definition) is 7. The van der Waals surface area contributed by atoms with Crippen LogP contribution in [0.15, 0.2) is 60.9 Å². The smallest absolute Gasteiger partial charge is 0.211 e. The molecule has 0 spiro atoms. The fourth-order valence-electron chi connectivity index (χ4n) is 4.35. The number of aromatic nitrogens is 2. The molecule has 2 unspecified atom stereocenters. The highest BCUT2D eigenvalue weighted by Gasteiger charge is 2.36. The van der Waals surface area contributed by atoms with Crippen LogP contribution in [0.4, 0.5) is 5.69 Å². The summed E-state index contributed by atoms with van der Waals surface area (Å²) in [7, 11) is -3.65. The first-order valence-electron chi connectivity index (χ1n) is 10.6. The number of aromatic amines is 1. The van der Waals surface area contributed by atoms with E-state index in [1.54, 1.807) is 35.5 Å². The van der Waals surface area contributed by atoms with Crippen LogP contribution in [-0.2, 0) is 40.5 Å². The molecule has 3 atom stereocenters. The summed E-state index contributed by atoms with van der Waals surface area (Å²) in [5.41, 5.74) is 2.48. The Kier molecular flexibility index (Phi) is 7.13. The number of nitrogens with zero attached hydrogens (tertiary/aromatic N) is 4. The Morgan fingerprint density at radius 1 is 1.29 bits per heavy atom. The molecule has 1 N–H and O–H groups in total. The Bertz CT molecular complexity index is 1310. The number of fused-ring (bicyclic) bond motifs is 1. The van der Waals surface area contributed by atoms with Crippen molar-refractivity contribution in [3.8, 4) is 6.07 Å². The second kappa shape index (κ2) is 10.1. The molecular formula is C23H24N5O4S2-. The number of imidazole rings is 1. The minimum atomic E-state index is -3.65. The van der Waals surface area contributed by atoms with Crippen molar-refractivity contribution in [3.05, 3.63) is 83.4 Å². The fourth-order valence-corrected chi connectivity index (χ4v) is 6.10. The molecule has 2 aromatic carbocycles. The van der Waals surface area contributed by atoms with Crippen molar-refractivity contribution in [1.29, 1.82) is 5.26 Å². The van der Waals surface area contributed by atoms with E-state index in [0.717, 1.165) is 11.8 Å². The molecule has 11 heteroatoms. The second-order valence-electron chi connectivity index (χ2n) is 8.21. The summed E-state index contributed by atoms with van der Waals surface area (Å²) < 4.78 is 52.0. The number of rotatable bonds is 7. The zero-order valence-corrected chi connectivity index (χ0v) is 20.1. The second-order valence-corrected chi connectivity index (χ2v) is 11.2. The quantitative estimate of drug-likeness (QED) is 0.492. The first-order chi connectivity index (χ1) is 16.3. The SMILES string of the molecule is CS(=O)(=O)N1Cc2cc(C#N)ccc2N(C(Cc2ncc[nH]2)S(=O)[O-])C[C@H]1Cc1ccccc1. The molecule has 2 heterocycles. The van der Waals surface area contributed by atoms with E-state index in [1.807, 2.05) is 30.3 Å². The summed E-state index contributed by atoms with van der Waals surface area (Å²) in [6.45, 7) is 0.191. The van der Waals surface area contributed by atoms with Gasteiger partial charge in [-0.2, -0.15) is 9.57 Å². The maximum absolute atomic E-state index is 12.9. The Hall–Kier alpha value is -3.04. The van der Waals surface area contributed by atoms with E-state index >= 15 is 0 Å². The first kappa shape index (κ1) is 24.1. The highest BCUT2D eigenvalue weighted by Crippen LogP contribution is 2.33. The number of nitrogens with one attached hydrogen (secondary N) is 1. The minimum Gasteiger partial charge on any atom is -0.771 e. The topological polar surface area (TPSA) is 133 Å². The highest BCUT2D eigenvalue weighted by atomic mass is 32.2. The van der Waals surface area contributed by atoms with Gasteiger partial charge >= 0.3 is 0 Å². The van der Waals surface area contributed by atoms with E-state index in [4.69, 9.17) is 0 Å². The van der Waals surface area contributed by atoms with Crippen molar-refractivity contribution in [2.45, 2.75) is 30.8 Å². The monoisotopic (exact) mass is 498 g/mol. The third-order valence-corrected chi connectivity index (χ3v) is 8.04. The molecule has 1 aromatic heterocycles. The van der Waals surface area contributed by atoms with Crippen LogP contribution in [0.1, 0.15) is 22.5 Å². The molecule has 178 valence electrons. The van der Waals surface area contributed by atoms with Gasteiger partial charge in [0.25, 0.3) is 0 Å². The van der Waals surface area contributed by atoms with Crippen LogP contribution in [0, 0.1) is 11.3 Å². The van der Waals surface area contributed by atoms with Crippen molar-refractivity contribution >= 4 is 26.8 Å². The predicted molar refractivity (Wildman–Crippen MR) is 128 cm³/mol. The van der Waals surface area contributed by atoms with E-state index in [-0.39, 0.29) is 19.5 Å². The third-order valence-electron chi connectivity index (χ3n) is 5.89. The average Bonchev–Trinajstić information content (AvgIpc) is 3.26. The zero-order chi connectivity index (χ0) is 24.3. The third kappa shape index (κ3) is 5.37.